The highest BCUT2D eigenvalue weighted by Crippen LogP contribution is 2.22. The molecule has 0 radical (unpaired) electrons. The van der Waals surface area contributed by atoms with Crippen molar-refractivity contribution in [1.29, 1.82) is 0 Å². The summed E-state index contributed by atoms with van der Waals surface area (Å²) < 4.78 is 32.0. The molecule has 7 nitrogen and oxygen atoms in total. The fourth-order valence-corrected chi connectivity index (χ4v) is 3.23. The molecule has 33 heavy (non-hydrogen) atoms. The maximum atomic E-state index is 13.5. The first kappa shape index (κ1) is 21.9. The lowest BCUT2D eigenvalue weighted by atomic mass is 10.2. The number of hydrogen-bond acceptors (Lipinski definition) is 5. The average Bonchev–Trinajstić information content (AvgIpc) is 2.80. The highest BCUT2D eigenvalue weighted by atomic mass is 19.2. The second-order valence-electron chi connectivity index (χ2n) is 7.32. The van der Waals surface area contributed by atoms with E-state index in [4.69, 9.17) is 4.74 Å². The number of anilines is 3. The Labute approximate surface area is 188 Å². The number of urea groups is 1. The Balaban J connectivity index is 1.39. The molecule has 3 aromatic carbocycles. The Bertz CT molecular complexity index is 1330. The van der Waals surface area contributed by atoms with E-state index >= 15 is 0 Å². The van der Waals surface area contributed by atoms with Gasteiger partial charge in [-0.2, -0.15) is 0 Å². The molecule has 0 bridgehead atoms. The van der Waals surface area contributed by atoms with Crippen molar-refractivity contribution >= 4 is 34.3 Å². The molecule has 4 aromatic rings. The summed E-state index contributed by atoms with van der Waals surface area (Å²) in [6.45, 7) is 2.27. The summed E-state index contributed by atoms with van der Waals surface area (Å²) in [7, 11) is 1.59. The van der Waals surface area contributed by atoms with Gasteiger partial charge in [-0.05, 0) is 48.4 Å². The van der Waals surface area contributed by atoms with E-state index in [2.05, 4.69) is 25.9 Å². The van der Waals surface area contributed by atoms with Gasteiger partial charge in [-0.25, -0.2) is 18.6 Å². The molecule has 0 aliphatic rings. The third-order valence-corrected chi connectivity index (χ3v) is 4.92. The number of hydrogen-bond donors (Lipinski definition) is 3. The predicted octanol–water partition coefficient (Wildman–Crippen LogP) is 5.48. The maximum absolute atomic E-state index is 13.5. The second-order valence-corrected chi connectivity index (χ2v) is 7.32. The van der Waals surface area contributed by atoms with Crippen LogP contribution in [0.15, 0.2) is 60.8 Å². The minimum Gasteiger partial charge on any atom is -0.497 e. The van der Waals surface area contributed by atoms with E-state index in [-0.39, 0.29) is 17.1 Å². The molecule has 2 amide bonds. The third kappa shape index (κ3) is 5.32. The normalized spacial score (nSPS) is 10.7. The molecule has 1 aromatic heterocycles. The van der Waals surface area contributed by atoms with E-state index in [9.17, 15) is 13.6 Å². The summed E-state index contributed by atoms with van der Waals surface area (Å²) in [5, 5.41) is 8.72. The van der Waals surface area contributed by atoms with Gasteiger partial charge in [0, 0.05) is 30.1 Å². The summed E-state index contributed by atoms with van der Waals surface area (Å²) in [6.07, 6.45) is 1.45. The molecule has 0 unspecified atom stereocenters. The number of carbonyl (C=O) groups is 1. The van der Waals surface area contributed by atoms with Crippen molar-refractivity contribution in [2.75, 3.05) is 23.1 Å². The van der Waals surface area contributed by atoms with Crippen LogP contribution in [0.2, 0.25) is 0 Å². The van der Waals surface area contributed by atoms with Gasteiger partial charge in [0.05, 0.1) is 24.3 Å². The van der Waals surface area contributed by atoms with Gasteiger partial charge in [-0.15, -0.1) is 0 Å². The van der Waals surface area contributed by atoms with Crippen molar-refractivity contribution in [2.45, 2.75) is 13.5 Å². The number of nitrogens with zero attached hydrogens (tertiary/aromatic N) is 2. The van der Waals surface area contributed by atoms with Crippen LogP contribution in [0.5, 0.6) is 5.75 Å². The number of fused-ring (bicyclic) bond motifs is 1. The zero-order valence-electron chi connectivity index (χ0n) is 17.9. The molecule has 0 spiro atoms. The number of amides is 2. The van der Waals surface area contributed by atoms with Gasteiger partial charge in [-0.1, -0.05) is 12.1 Å². The first-order valence-electron chi connectivity index (χ1n) is 10.1. The molecule has 168 valence electrons. The van der Waals surface area contributed by atoms with E-state index in [0.29, 0.717) is 29.5 Å². The Morgan fingerprint density at radius 3 is 2.55 bits per heavy atom. The van der Waals surface area contributed by atoms with Crippen molar-refractivity contribution in [3.05, 3.63) is 83.6 Å². The molecule has 0 saturated carbocycles. The average molecular weight is 449 g/mol. The van der Waals surface area contributed by atoms with E-state index in [0.717, 1.165) is 23.3 Å². The van der Waals surface area contributed by atoms with Gasteiger partial charge < -0.3 is 20.7 Å². The fourth-order valence-electron chi connectivity index (χ4n) is 3.23. The summed E-state index contributed by atoms with van der Waals surface area (Å²) >= 11 is 0. The van der Waals surface area contributed by atoms with Crippen molar-refractivity contribution in [3.63, 3.8) is 0 Å². The van der Waals surface area contributed by atoms with Gasteiger partial charge in [0.2, 0.25) is 0 Å². The Kier molecular flexibility index (Phi) is 6.30. The molecule has 0 aliphatic carbocycles. The van der Waals surface area contributed by atoms with Crippen LogP contribution in [-0.4, -0.2) is 23.1 Å². The smallest absolute Gasteiger partial charge is 0.323 e. The molecule has 9 heteroatoms. The summed E-state index contributed by atoms with van der Waals surface area (Å²) in [5.74, 6) is -0.810. The minimum atomic E-state index is -0.976. The molecule has 1 heterocycles. The second kappa shape index (κ2) is 9.47. The molecule has 0 fully saturated rings. The standard InChI is InChI=1S/C24H21F2N5O2/c1-14-8-17(33-2)6-7-20(14)31-24(32)29-16-5-3-4-15(9-16)12-28-23-13-27-21-10-18(25)19(26)11-22(21)30-23/h3-11,13H,12H2,1-2H3,(H,28,30)(H2,29,31,32). The van der Waals surface area contributed by atoms with Gasteiger partial charge in [0.25, 0.3) is 0 Å². The number of benzene rings is 3. The molecule has 3 N–H and O–H groups in total. The van der Waals surface area contributed by atoms with Crippen molar-refractivity contribution < 1.29 is 18.3 Å². The van der Waals surface area contributed by atoms with Gasteiger partial charge in [0.1, 0.15) is 11.6 Å². The van der Waals surface area contributed by atoms with Crippen molar-refractivity contribution in [3.8, 4) is 5.75 Å². The number of aromatic nitrogens is 2. The molecule has 0 aliphatic heterocycles. The lowest BCUT2D eigenvalue weighted by molar-refractivity contribution is 0.262. The van der Waals surface area contributed by atoms with Crippen LogP contribution < -0.4 is 20.7 Å². The van der Waals surface area contributed by atoms with Crippen LogP contribution in [0.1, 0.15) is 11.1 Å². The zero-order chi connectivity index (χ0) is 23.4. The fraction of sp³-hybridized carbons (Fsp3) is 0.125. The predicted molar refractivity (Wildman–Crippen MR) is 124 cm³/mol. The number of methoxy groups -OCH3 is 1. The zero-order valence-corrected chi connectivity index (χ0v) is 17.9. The lowest BCUT2D eigenvalue weighted by Gasteiger charge is -2.12. The third-order valence-electron chi connectivity index (χ3n) is 4.92. The topological polar surface area (TPSA) is 88.2 Å². The number of aryl methyl sites for hydroxylation is 1. The highest BCUT2D eigenvalue weighted by Gasteiger charge is 2.09. The first-order chi connectivity index (χ1) is 15.9. The number of carbonyl (C=O) groups excluding carboxylic acids is 1. The van der Waals surface area contributed by atoms with Crippen LogP contribution in [0.25, 0.3) is 11.0 Å². The lowest BCUT2D eigenvalue weighted by Crippen LogP contribution is -2.20. The van der Waals surface area contributed by atoms with E-state index in [1.54, 1.807) is 25.3 Å². The largest absolute Gasteiger partial charge is 0.497 e. The summed E-state index contributed by atoms with van der Waals surface area (Å²) in [5.41, 5.74) is 3.56. The molecular formula is C24H21F2N5O2. The van der Waals surface area contributed by atoms with Crippen LogP contribution in [0.4, 0.5) is 30.8 Å². The number of rotatable bonds is 6. The number of halogens is 2. The summed E-state index contributed by atoms with van der Waals surface area (Å²) in [4.78, 5) is 20.8. The first-order valence-corrected chi connectivity index (χ1v) is 10.1. The van der Waals surface area contributed by atoms with Gasteiger partial charge in [0.15, 0.2) is 11.6 Å². The molecular weight excluding hydrogens is 428 g/mol. The molecule has 0 atom stereocenters. The number of ether oxygens (including phenoxy) is 1. The van der Waals surface area contributed by atoms with Crippen molar-refractivity contribution in [2.24, 2.45) is 0 Å². The van der Waals surface area contributed by atoms with Crippen LogP contribution in [0.3, 0.4) is 0 Å². The van der Waals surface area contributed by atoms with Crippen LogP contribution in [-0.2, 0) is 6.54 Å². The Morgan fingerprint density at radius 2 is 1.79 bits per heavy atom. The molecule has 0 saturated heterocycles. The van der Waals surface area contributed by atoms with E-state index in [1.165, 1.54) is 6.20 Å². The SMILES string of the molecule is COc1ccc(NC(=O)Nc2cccc(CNc3cnc4cc(F)c(F)cc4n3)c2)c(C)c1. The van der Waals surface area contributed by atoms with E-state index < -0.39 is 11.6 Å². The van der Waals surface area contributed by atoms with Crippen molar-refractivity contribution in [1.82, 2.24) is 9.97 Å². The highest BCUT2D eigenvalue weighted by molar-refractivity contribution is 6.00. The number of nitrogens with one attached hydrogen (secondary N) is 3. The Hall–Kier alpha value is -4.27. The van der Waals surface area contributed by atoms with E-state index in [1.807, 2.05) is 31.2 Å². The minimum absolute atomic E-state index is 0.250. The van der Waals surface area contributed by atoms with Crippen LogP contribution >= 0.6 is 0 Å². The monoisotopic (exact) mass is 449 g/mol. The van der Waals surface area contributed by atoms with Crippen LogP contribution in [0, 0.1) is 18.6 Å². The van der Waals surface area contributed by atoms with Gasteiger partial charge >= 0.3 is 6.03 Å². The quantitative estimate of drug-likeness (QED) is 0.363. The van der Waals surface area contributed by atoms with Gasteiger partial charge in [-0.3, -0.25) is 4.98 Å². The molecule has 4 rings (SSSR count). The maximum Gasteiger partial charge on any atom is 0.323 e. The summed E-state index contributed by atoms with van der Waals surface area (Å²) in [6, 6.07) is 14.3. The Morgan fingerprint density at radius 1 is 1.00 bits per heavy atom.